The highest BCUT2D eigenvalue weighted by molar-refractivity contribution is 5.98. The number of methoxy groups -OCH3 is 1. The number of nitriles is 1. The molecular weight excluding hydrogens is 360 g/mol. The quantitative estimate of drug-likeness (QED) is 0.816. The molecule has 1 aliphatic heterocycles. The molecule has 1 aliphatic rings. The third-order valence-electron chi connectivity index (χ3n) is 5.04. The lowest BCUT2D eigenvalue weighted by atomic mass is 9.85. The van der Waals surface area contributed by atoms with E-state index in [-0.39, 0.29) is 12.0 Å². The molecule has 3 rings (SSSR count). The first-order valence-corrected chi connectivity index (χ1v) is 8.91. The average molecular weight is 382 g/mol. The minimum absolute atomic E-state index is 0.201. The number of hydrogen-bond acceptors (Lipinski definition) is 6. The number of aromatic nitrogens is 2. The summed E-state index contributed by atoms with van der Waals surface area (Å²) < 4.78 is 6.42. The number of primary amides is 1. The van der Waals surface area contributed by atoms with Crippen molar-refractivity contribution in [1.82, 2.24) is 14.7 Å². The first-order valence-electron chi connectivity index (χ1n) is 8.91. The Balaban J connectivity index is 1.92. The molecule has 28 heavy (non-hydrogen) atoms. The number of rotatable bonds is 5. The first-order chi connectivity index (χ1) is 13.5. The molecule has 0 aliphatic carbocycles. The molecule has 1 fully saturated rings. The van der Waals surface area contributed by atoms with Crippen LogP contribution in [0.2, 0.25) is 0 Å². The van der Waals surface area contributed by atoms with Gasteiger partial charge in [-0.25, -0.2) is 4.79 Å². The number of ether oxygens (including phenoxy) is 1. The maximum absolute atomic E-state index is 11.9. The van der Waals surface area contributed by atoms with Crippen LogP contribution in [0, 0.1) is 11.3 Å². The highest BCUT2D eigenvalue weighted by Gasteiger charge is 2.39. The molecule has 2 aromatic rings. The fraction of sp³-hybridized carbons (Fsp3) is 0.368. The summed E-state index contributed by atoms with van der Waals surface area (Å²) in [7, 11) is 1.34. The van der Waals surface area contributed by atoms with E-state index in [4.69, 9.17) is 10.5 Å². The van der Waals surface area contributed by atoms with Gasteiger partial charge in [0, 0.05) is 25.0 Å². The number of hydrogen-bond donors (Lipinski definition) is 2. The molecule has 2 heterocycles. The molecule has 0 saturated carbocycles. The van der Waals surface area contributed by atoms with Crippen molar-refractivity contribution >= 4 is 23.5 Å². The van der Waals surface area contributed by atoms with Gasteiger partial charge in [0.15, 0.2) is 5.82 Å². The van der Waals surface area contributed by atoms with Crippen molar-refractivity contribution in [1.29, 1.82) is 5.26 Å². The molecule has 0 radical (unpaired) electrons. The molecule has 3 N–H and O–H groups in total. The fourth-order valence-corrected chi connectivity index (χ4v) is 3.42. The minimum atomic E-state index is -0.625. The lowest BCUT2D eigenvalue weighted by Crippen LogP contribution is -2.48. The smallest absolute Gasteiger partial charge is 0.409 e. The highest BCUT2D eigenvalue weighted by atomic mass is 16.5. The second kappa shape index (κ2) is 8.00. The Morgan fingerprint density at radius 1 is 1.32 bits per heavy atom. The van der Waals surface area contributed by atoms with E-state index in [2.05, 4.69) is 16.5 Å². The number of carbonyl (C=O) groups excluding carboxylic acids is 2. The number of nitrogens with two attached hydrogens (primary N) is 1. The number of amides is 2. The van der Waals surface area contributed by atoms with Crippen LogP contribution in [0.25, 0.3) is 0 Å². The molecule has 9 heteroatoms. The van der Waals surface area contributed by atoms with Gasteiger partial charge < -0.3 is 20.7 Å². The summed E-state index contributed by atoms with van der Waals surface area (Å²) in [6, 6.07) is 11.5. The Kier molecular flexibility index (Phi) is 5.49. The van der Waals surface area contributed by atoms with Crippen molar-refractivity contribution in [3.63, 3.8) is 0 Å². The van der Waals surface area contributed by atoms with Gasteiger partial charge in [0.25, 0.3) is 5.91 Å². The van der Waals surface area contributed by atoms with Crippen LogP contribution in [0.4, 0.5) is 16.3 Å². The number of para-hydroxylation sites is 1. The number of nitrogens with zero attached hydrogens (tertiary/aromatic N) is 4. The third kappa shape index (κ3) is 3.76. The lowest BCUT2D eigenvalue weighted by molar-refractivity contribution is 0.0775. The van der Waals surface area contributed by atoms with Gasteiger partial charge in [-0.3, -0.25) is 9.48 Å². The zero-order valence-corrected chi connectivity index (χ0v) is 15.6. The second-order valence-corrected chi connectivity index (χ2v) is 6.71. The summed E-state index contributed by atoms with van der Waals surface area (Å²) in [5.41, 5.74) is 5.93. The van der Waals surface area contributed by atoms with Crippen molar-refractivity contribution in [2.45, 2.75) is 24.8 Å². The van der Waals surface area contributed by atoms with Gasteiger partial charge in [-0.05, 0) is 25.0 Å². The molecule has 2 amide bonds. The molecule has 0 unspecified atom stereocenters. The predicted octanol–water partition coefficient (Wildman–Crippen LogP) is 2.20. The molecule has 1 aromatic heterocycles. The maximum atomic E-state index is 11.9. The van der Waals surface area contributed by atoms with Crippen LogP contribution in [0.15, 0.2) is 36.5 Å². The summed E-state index contributed by atoms with van der Waals surface area (Å²) >= 11 is 0. The largest absolute Gasteiger partial charge is 0.453 e. The van der Waals surface area contributed by atoms with Crippen LogP contribution in [0.3, 0.4) is 0 Å². The van der Waals surface area contributed by atoms with E-state index in [1.807, 2.05) is 30.3 Å². The SMILES string of the molecule is COC(=O)N1CCC(CC#N)(n2cc(C(N)=O)c(Nc3ccccc3)n2)CC1. The molecule has 9 nitrogen and oxygen atoms in total. The summed E-state index contributed by atoms with van der Waals surface area (Å²) in [6.07, 6.45) is 2.42. The number of carbonyl (C=O) groups is 2. The van der Waals surface area contributed by atoms with E-state index >= 15 is 0 Å². The van der Waals surface area contributed by atoms with Crippen molar-refractivity contribution in [3.8, 4) is 6.07 Å². The van der Waals surface area contributed by atoms with Gasteiger partial charge in [-0.1, -0.05) is 18.2 Å². The zero-order valence-electron chi connectivity index (χ0n) is 15.6. The van der Waals surface area contributed by atoms with Gasteiger partial charge in [-0.2, -0.15) is 10.4 Å². The van der Waals surface area contributed by atoms with Crippen LogP contribution in [0.5, 0.6) is 0 Å². The lowest BCUT2D eigenvalue weighted by Gasteiger charge is -2.40. The van der Waals surface area contributed by atoms with E-state index < -0.39 is 17.5 Å². The topological polar surface area (TPSA) is 126 Å². The number of nitrogens with one attached hydrogen (secondary N) is 1. The van der Waals surface area contributed by atoms with Crippen LogP contribution < -0.4 is 11.1 Å². The molecule has 0 atom stereocenters. The van der Waals surface area contributed by atoms with Crippen LogP contribution in [0.1, 0.15) is 29.6 Å². The predicted molar refractivity (Wildman–Crippen MR) is 102 cm³/mol. The Bertz CT molecular complexity index is 894. The highest BCUT2D eigenvalue weighted by Crippen LogP contribution is 2.35. The number of piperidine rings is 1. The first kappa shape index (κ1) is 19.2. The van der Waals surface area contributed by atoms with Crippen molar-refractivity contribution < 1.29 is 14.3 Å². The van der Waals surface area contributed by atoms with Crippen molar-refractivity contribution in [2.24, 2.45) is 5.73 Å². The van der Waals surface area contributed by atoms with E-state index in [0.717, 1.165) is 5.69 Å². The Morgan fingerprint density at radius 2 is 2.00 bits per heavy atom. The van der Waals surface area contributed by atoms with E-state index in [1.165, 1.54) is 7.11 Å². The Hall–Kier alpha value is -3.54. The maximum Gasteiger partial charge on any atom is 0.409 e. The summed E-state index contributed by atoms with van der Waals surface area (Å²) in [5, 5.41) is 17.0. The molecule has 146 valence electrons. The van der Waals surface area contributed by atoms with Gasteiger partial charge in [-0.15, -0.1) is 0 Å². The van der Waals surface area contributed by atoms with Crippen LogP contribution >= 0.6 is 0 Å². The molecule has 1 aromatic carbocycles. The van der Waals surface area contributed by atoms with E-state index in [0.29, 0.717) is 31.7 Å². The van der Waals surface area contributed by atoms with Gasteiger partial charge in [0.1, 0.15) is 5.56 Å². The van der Waals surface area contributed by atoms with Crippen molar-refractivity contribution in [3.05, 3.63) is 42.1 Å². The Labute approximate surface area is 162 Å². The van der Waals surface area contributed by atoms with Crippen LogP contribution in [-0.2, 0) is 10.3 Å². The van der Waals surface area contributed by atoms with E-state index in [9.17, 15) is 14.9 Å². The molecule has 1 saturated heterocycles. The second-order valence-electron chi connectivity index (χ2n) is 6.71. The van der Waals surface area contributed by atoms with Gasteiger partial charge >= 0.3 is 6.09 Å². The van der Waals surface area contributed by atoms with Crippen LogP contribution in [-0.4, -0.2) is 46.9 Å². The number of anilines is 2. The zero-order chi connectivity index (χ0) is 20.1. The van der Waals surface area contributed by atoms with Crippen molar-refractivity contribution in [2.75, 3.05) is 25.5 Å². The van der Waals surface area contributed by atoms with Gasteiger partial charge in [0.05, 0.1) is 25.1 Å². The minimum Gasteiger partial charge on any atom is -0.453 e. The van der Waals surface area contributed by atoms with E-state index in [1.54, 1.807) is 15.8 Å². The monoisotopic (exact) mass is 382 g/mol. The summed E-state index contributed by atoms with van der Waals surface area (Å²) in [6.45, 7) is 0.864. The van der Waals surface area contributed by atoms with Gasteiger partial charge in [0.2, 0.25) is 0 Å². The summed E-state index contributed by atoms with van der Waals surface area (Å²) in [4.78, 5) is 25.3. The Morgan fingerprint density at radius 3 is 2.57 bits per heavy atom. The molecule has 0 bridgehead atoms. The fourth-order valence-electron chi connectivity index (χ4n) is 3.42. The third-order valence-corrected chi connectivity index (χ3v) is 5.04. The number of likely N-dealkylation sites (tertiary alicyclic amines) is 1. The number of benzene rings is 1. The normalized spacial score (nSPS) is 15.5. The summed E-state index contributed by atoms with van der Waals surface area (Å²) in [5.74, 6) is -0.268. The standard InChI is InChI=1S/C19H22N6O3/c1-28-18(27)24-11-8-19(7-10-20,9-12-24)25-13-15(16(21)26)17(23-25)22-14-5-3-2-4-6-14/h2-6,13H,7-9,11-12H2,1H3,(H2,21,26)(H,22,23). The molecule has 0 spiro atoms. The average Bonchev–Trinajstić information content (AvgIpc) is 3.13. The molecular formula is C19H22N6O3.